The zero-order chi connectivity index (χ0) is 13.2. The average molecular weight is 293 g/mol. The minimum absolute atomic E-state index is 0.352. The summed E-state index contributed by atoms with van der Waals surface area (Å²) in [5.41, 5.74) is 4.00. The second kappa shape index (κ2) is 5.53. The fourth-order valence-corrected chi connectivity index (χ4v) is 3.59. The Labute approximate surface area is 123 Å². The lowest BCUT2D eigenvalue weighted by atomic mass is 10.1. The lowest BCUT2D eigenvalue weighted by Gasteiger charge is -2.31. The summed E-state index contributed by atoms with van der Waals surface area (Å²) in [5, 5.41) is 5.64. The van der Waals surface area contributed by atoms with Crippen molar-refractivity contribution < 1.29 is 0 Å². The van der Waals surface area contributed by atoms with Crippen LogP contribution in [0.4, 0.5) is 5.69 Å². The van der Waals surface area contributed by atoms with Crippen molar-refractivity contribution in [1.82, 2.24) is 5.32 Å². The molecule has 2 nitrogen and oxygen atoms in total. The van der Waals surface area contributed by atoms with E-state index in [1.165, 1.54) is 16.8 Å². The molecular weight excluding hydrogens is 276 g/mol. The Kier molecular flexibility index (Phi) is 3.78. The Balaban J connectivity index is 1.95. The van der Waals surface area contributed by atoms with Crippen molar-refractivity contribution in [3.63, 3.8) is 0 Å². The van der Waals surface area contributed by atoms with Gasteiger partial charge >= 0.3 is 0 Å². The number of anilines is 1. The number of hydrogen-bond acceptors (Lipinski definition) is 3. The number of para-hydroxylation sites is 1. The number of nitrogens with one attached hydrogen (secondary N) is 1. The van der Waals surface area contributed by atoms with Crippen molar-refractivity contribution in [1.29, 1.82) is 0 Å². The van der Waals surface area contributed by atoms with Gasteiger partial charge in [-0.2, -0.15) is 0 Å². The van der Waals surface area contributed by atoms with Crippen LogP contribution in [0.2, 0.25) is 4.34 Å². The summed E-state index contributed by atoms with van der Waals surface area (Å²) in [6.45, 7) is 5.23. The molecule has 0 aliphatic carbocycles. The average Bonchev–Trinajstić information content (AvgIpc) is 2.74. The summed E-state index contributed by atoms with van der Waals surface area (Å²) in [6.07, 6.45) is 0. The second-order valence-electron chi connectivity index (χ2n) is 4.86. The van der Waals surface area contributed by atoms with Crippen LogP contribution in [0.1, 0.15) is 24.1 Å². The number of hydrogen-bond donors (Lipinski definition) is 1. The van der Waals surface area contributed by atoms with Gasteiger partial charge in [-0.15, -0.1) is 11.3 Å². The maximum Gasteiger partial charge on any atom is 0.0931 e. The number of fused-ring (bicyclic) bond motifs is 1. The zero-order valence-corrected chi connectivity index (χ0v) is 12.5. The predicted octanol–water partition coefficient (Wildman–Crippen LogP) is 4.07. The molecule has 0 spiro atoms. The summed E-state index contributed by atoms with van der Waals surface area (Å²) in [7, 11) is 0. The van der Waals surface area contributed by atoms with Gasteiger partial charge in [-0.05, 0) is 35.6 Å². The number of thiophene rings is 1. The van der Waals surface area contributed by atoms with Crippen molar-refractivity contribution >= 4 is 28.6 Å². The first-order valence-electron chi connectivity index (χ1n) is 6.55. The maximum absolute atomic E-state index is 6.06. The van der Waals surface area contributed by atoms with E-state index in [1.54, 1.807) is 11.3 Å². The largest absolute Gasteiger partial charge is 0.363 e. The van der Waals surface area contributed by atoms with E-state index in [1.807, 2.05) is 0 Å². The number of nitrogens with zero attached hydrogens (tertiary/aromatic N) is 1. The minimum atomic E-state index is 0.352. The fourth-order valence-electron chi connectivity index (χ4n) is 2.61. The third-order valence-electron chi connectivity index (χ3n) is 3.68. The standard InChI is InChI=1S/C15H17ClN2S/c1-11(13-8-15(16)19-10-13)18-7-6-17-9-12-4-2-3-5-14(12)18/h2-5,8,10-11,17H,6-7,9H2,1H3. The lowest BCUT2D eigenvalue weighted by molar-refractivity contribution is 0.640. The van der Waals surface area contributed by atoms with E-state index < -0.39 is 0 Å². The first-order valence-corrected chi connectivity index (χ1v) is 7.80. The maximum atomic E-state index is 6.06. The van der Waals surface area contributed by atoms with Crippen molar-refractivity contribution in [2.45, 2.75) is 19.5 Å². The molecule has 2 heterocycles. The Morgan fingerprint density at radius 2 is 2.21 bits per heavy atom. The normalized spacial score (nSPS) is 16.8. The molecule has 0 bridgehead atoms. The summed E-state index contributed by atoms with van der Waals surface area (Å²) in [5.74, 6) is 0. The topological polar surface area (TPSA) is 15.3 Å². The predicted molar refractivity (Wildman–Crippen MR) is 83.2 cm³/mol. The van der Waals surface area contributed by atoms with Crippen LogP contribution < -0.4 is 10.2 Å². The lowest BCUT2D eigenvalue weighted by Crippen LogP contribution is -2.31. The molecule has 1 aliphatic heterocycles. The van der Waals surface area contributed by atoms with Crippen LogP contribution in [0.25, 0.3) is 0 Å². The fraction of sp³-hybridized carbons (Fsp3) is 0.333. The van der Waals surface area contributed by atoms with Crippen LogP contribution in [0.3, 0.4) is 0 Å². The number of rotatable bonds is 2. The Hall–Kier alpha value is -1.03. The Bertz CT molecular complexity index is 567. The van der Waals surface area contributed by atoms with Gasteiger partial charge in [0.15, 0.2) is 0 Å². The highest BCUT2D eigenvalue weighted by Gasteiger charge is 2.21. The van der Waals surface area contributed by atoms with Gasteiger partial charge < -0.3 is 10.2 Å². The molecule has 19 heavy (non-hydrogen) atoms. The molecule has 0 saturated carbocycles. The first kappa shape index (κ1) is 13.0. The van der Waals surface area contributed by atoms with Crippen molar-refractivity contribution in [3.8, 4) is 0 Å². The van der Waals surface area contributed by atoms with Gasteiger partial charge in [0.2, 0.25) is 0 Å². The number of benzene rings is 1. The quantitative estimate of drug-likeness (QED) is 0.897. The van der Waals surface area contributed by atoms with Gasteiger partial charge in [0, 0.05) is 25.3 Å². The van der Waals surface area contributed by atoms with E-state index in [9.17, 15) is 0 Å². The molecule has 3 rings (SSSR count). The molecule has 1 N–H and O–H groups in total. The number of halogens is 1. The van der Waals surface area contributed by atoms with Crippen LogP contribution >= 0.6 is 22.9 Å². The highest BCUT2D eigenvalue weighted by molar-refractivity contribution is 7.14. The van der Waals surface area contributed by atoms with E-state index in [0.717, 1.165) is 24.0 Å². The smallest absolute Gasteiger partial charge is 0.0931 e. The molecule has 4 heteroatoms. The third kappa shape index (κ3) is 2.64. The molecule has 1 unspecified atom stereocenters. The summed E-state index contributed by atoms with van der Waals surface area (Å²) >= 11 is 7.67. The Morgan fingerprint density at radius 3 is 3.00 bits per heavy atom. The van der Waals surface area contributed by atoms with Gasteiger partial charge in [0.25, 0.3) is 0 Å². The van der Waals surface area contributed by atoms with Gasteiger partial charge in [-0.3, -0.25) is 0 Å². The summed E-state index contributed by atoms with van der Waals surface area (Å²) in [4.78, 5) is 2.47. The van der Waals surface area contributed by atoms with Gasteiger partial charge in [-0.25, -0.2) is 0 Å². The van der Waals surface area contributed by atoms with Crippen molar-refractivity contribution in [2.24, 2.45) is 0 Å². The molecule has 0 amide bonds. The molecule has 0 radical (unpaired) electrons. The van der Waals surface area contributed by atoms with Crippen molar-refractivity contribution in [3.05, 3.63) is 51.2 Å². The third-order valence-corrected chi connectivity index (χ3v) is 4.79. The van der Waals surface area contributed by atoms with Gasteiger partial charge in [-0.1, -0.05) is 29.8 Å². The van der Waals surface area contributed by atoms with Gasteiger partial charge in [0.1, 0.15) is 0 Å². The Morgan fingerprint density at radius 1 is 1.37 bits per heavy atom. The highest BCUT2D eigenvalue weighted by atomic mass is 35.5. The molecule has 1 aromatic carbocycles. The SMILES string of the molecule is CC(c1csc(Cl)c1)N1CCNCc2ccccc21. The van der Waals surface area contributed by atoms with Gasteiger partial charge in [0.05, 0.1) is 10.4 Å². The molecule has 1 aromatic heterocycles. The van der Waals surface area contributed by atoms with E-state index in [4.69, 9.17) is 11.6 Å². The monoisotopic (exact) mass is 292 g/mol. The summed E-state index contributed by atoms with van der Waals surface area (Å²) in [6, 6.07) is 11.1. The second-order valence-corrected chi connectivity index (χ2v) is 6.40. The van der Waals surface area contributed by atoms with Crippen LogP contribution in [0.5, 0.6) is 0 Å². The first-order chi connectivity index (χ1) is 9.25. The molecule has 0 fully saturated rings. The van der Waals surface area contributed by atoms with Crippen LogP contribution in [-0.2, 0) is 6.54 Å². The minimum Gasteiger partial charge on any atom is -0.363 e. The molecule has 2 aromatic rings. The van der Waals surface area contributed by atoms with Crippen molar-refractivity contribution in [2.75, 3.05) is 18.0 Å². The van der Waals surface area contributed by atoms with Crippen LogP contribution in [-0.4, -0.2) is 13.1 Å². The molecule has 1 atom stereocenters. The van der Waals surface area contributed by atoms with Crippen LogP contribution in [0, 0.1) is 0 Å². The summed E-state index contributed by atoms with van der Waals surface area (Å²) < 4.78 is 0.864. The van der Waals surface area contributed by atoms with Crippen LogP contribution in [0.15, 0.2) is 35.7 Å². The van der Waals surface area contributed by atoms with E-state index >= 15 is 0 Å². The molecule has 100 valence electrons. The molecule has 0 saturated heterocycles. The zero-order valence-electron chi connectivity index (χ0n) is 10.9. The molecular formula is C15H17ClN2S. The van der Waals surface area contributed by atoms with E-state index in [2.05, 4.69) is 52.9 Å². The van der Waals surface area contributed by atoms with E-state index in [-0.39, 0.29) is 0 Å². The molecule has 1 aliphatic rings. The van der Waals surface area contributed by atoms with E-state index in [0.29, 0.717) is 6.04 Å². The highest BCUT2D eigenvalue weighted by Crippen LogP contribution is 2.33.